The molecule has 2 aromatic carbocycles. The van der Waals surface area contributed by atoms with Gasteiger partial charge in [-0.1, -0.05) is 18.2 Å². The van der Waals surface area contributed by atoms with Gasteiger partial charge < -0.3 is 13.9 Å². The van der Waals surface area contributed by atoms with Crippen LogP contribution in [0.3, 0.4) is 0 Å². The summed E-state index contributed by atoms with van der Waals surface area (Å²) in [4.78, 5) is 4.78. The molecule has 5 rings (SSSR count). The standard InChI is InChI=1S/C20H21N3O/c1-21(2)9-10-22-12-14-4-3-5-15-16-6-7-18-17(8-11-24-18)20(16)23(13-22)19(14)15/h3-8,11H,9-10,12-13H2,1-2H3. The second-order valence-corrected chi connectivity index (χ2v) is 7.03. The Labute approximate surface area is 140 Å². The van der Waals surface area contributed by atoms with Crippen LogP contribution in [0.4, 0.5) is 0 Å². The van der Waals surface area contributed by atoms with Crippen molar-refractivity contribution in [2.45, 2.75) is 13.2 Å². The van der Waals surface area contributed by atoms with Gasteiger partial charge in [-0.05, 0) is 37.9 Å². The van der Waals surface area contributed by atoms with E-state index in [0.717, 1.165) is 31.9 Å². The summed E-state index contributed by atoms with van der Waals surface area (Å²) < 4.78 is 8.13. The quantitative estimate of drug-likeness (QED) is 0.573. The molecule has 4 aromatic rings. The summed E-state index contributed by atoms with van der Waals surface area (Å²) in [7, 11) is 4.27. The molecule has 24 heavy (non-hydrogen) atoms. The van der Waals surface area contributed by atoms with Crippen LogP contribution in [0, 0.1) is 0 Å². The van der Waals surface area contributed by atoms with Crippen LogP contribution in [0.15, 0.2) is 47.1 Å². The Kier molecular flexibility index (Phi) is 2.99. The fraction of sp³-hybridized carbons (Fsp3) is 0.300. The molecule has 0 saturated heterocycles. The van der Waals surface area contributed by atoms with Crippen LogP contribution in [-0.4, -0.2) is 41.6 Å². The molecule has 2 aromatic heterocycles. The maximum atomic E-state index is 5.64. The van der Waals surface area contributed by atoms with E-state index < -0.39 is 0 Å². The van der Waals surface area contributed by atoms with E-state index in [0.29, 0.717) is 0 Å². The average molecular weight is 319 g/mol. The smallest absolute Gasteiger partial charge is 0.135 e. The zero-order chi connectivity index (χ0) is 16.3. The third kappa shape index (κ3) is 1.93. The third-order valence-electron chi connectivity index (χ3n) is 5.16. The van der Waals surface area contributed by atoms with Crippen LogP contribution in [0.5, 0.6) is 0 Å². The first-order valence-electron chi connectivity index (χ1n) is 8.49. The van der Waals surface area contributed by atoms with Crippen molar-refractivity contribution in [1.29, 1.82) is 0 Å². The first-order chi connectivity index (χ1) is 11.7. The fourth-order valence-electron chi connectivity index (χ4n) is 4.03. The molecular weight excluding hydrogens is 298 g/mol. The molecule has 0 N–H and O–H groups in total. The van der Waals surface area contributed by atoms with Gasteiger partial charge in [0.25, 0.3) is 0 Å². The largest absolute Gasteiger partial charge is 0.464 e. The molecule has 4 nitrogen and oxygen atoms in total. The first-order valence-corrected chi connectivity index (χ1v) is 8.49. The lowest BCUT2D eigenvalue weighted by Crippen LogP contribution is -2.35. The van der Waals surface area contributed by atoms with Gasteiger partial charge in [-0.15, -0.1) is 0 Å². The Morgan fingerprint density at radius 3 is 2.75 bits per heavy atom. The lowest BCUT2D eigenvalue weighted by atomic mass is 10.1. The lowest BCUT2D eigenvalue weighted by molar-refractivity contribution is 0.186. The summed E-state index contributed by atoms with van der Waals surface area (Å²) in [6.07, 6.45) is 1.79. The van der Waals surface area contributed by atoms with Gasteiger partial charge in [0.2, 0.25) is 0 Å². The van der Waals surface area contributed by atoms with Crippen LogP contribution in [-0.2, 0) is 13.2 Å². The summed E-state index contributed by atoms with van der Waals surface area (Å²) in [6, 6.07) is 13.1. The van der Waals surface area contributed by atoms with Crippen molar-refractivity contribution >= 4 is 32.8 Å². The van der Waals surface area contributed by atoms with E-state index in [4.69, 9.17) is 4.42 Å². The van der Waals surface area contributed by atoms with Gasteiger partial charge in [-0.2, -0.15) is 0 Å². The van der Waals surface area contributed by atoms with Crippen molar-refractivity contribution in [1.82, 2.24) is 14.4 Å². The highest BCUT2D eigenvalue weighted by atomic mass is 16.3. The Bertz CT molecular complexity index is 1060. The van der Waals surface area contributed by atoms with Gasteiger partial charge in [-0.25, -0.2) is 0 Å². The topological polar surface area (TPSA) is 24.6 Å². The van der Waals surface area contributed by atoms with E-state index in [1.54, 1.807) is 6.26 Å². The van der Waals surface area contributed by atoms with Gasteiger partial charge in [-0.3, -0.25) is 4.90 Å². The molecule has 0 amide bonds. The van der Waals surface area contributed by atoms with Gasteiger partial charge in [0.05, 0.1) is 24.0 Å². The van der Waals surface area contributed by atoms with Crippen molar-refractivity contribution in [2.75, 3.05) is 27.2 Å². The molecule has 0 unspecified atom stereocenters. The van der Waals surface area contributed by atoms with Gasteiger partial charge in [0.15, 0.2) is 0 Å². The van der Waals surface area contributed by atoms with Crippen LogP contribution in [0.2, 0.25) is 0 Å². The maximum Gasteiger partial charge on any atom is 0.135 e. The highest BCUT2D eigenvalue weighted by molar-refractivity contribution is 6.17. The molecule has 0 fully saturated rings. The molecule has 0 saturated carbocycles. The number of rotatable bonds is 3. The van der Waals surface area contributed by atoms with Crippen LogP contribution in [0.1, 0.15) is 5.56 Å². The van der Waals surface area contributed by atoms with E-state index >= 15 is 0 Å². The fourth-order valence-corrected chi connectivity index (χ4v) is 4.03. The van der Waals surface area contributed by atoms with Crippen LogP contribution in [0.25, 0.3) is 32.8 Å². The highest BCUT2D eigenvalue weighted by Gasteiger charge is 2.23. The molecule has 3 heterocycles. The average Bonchev–Trinajstić information content (AvgIpc) is 3.17. The molecular formula is C20H21N3O. The minimum atomic E-state index is 0.940. The second-order valence-electron chi connectivity index (χ2n) is 7.03. The number of hydrogen-bond donors (Lipinski definition) is 0. The van der Waals surface area contributed by atoms with E-state index in [1.807, 2.05) is 0 Å². The lowest BCUT2D eigenvalue weighted by Gasteiger charge is -2.30. The highest BCUT2D eigenvalue weighted by Crippen LogP contribution is 2.38. The van der Waals surface area contributed by atoms with E-state index in [2.05, 4.69) is 64.9 Å². The normalized spacial score (nSPS) is 15.3. The zero-order valence-electron chi connectivity index (χ0n) is 14.1. The molecule has 0 bridgehead atoms. The number of aromatic nitrogens is 1. The van der Waals surface area contributed by atoms with E-state index in [1.165, 1.54) is 32.8 Å². The number of likely N-dealkylation sites (N-methyl/N-ethyl adjacent to an activating group) is 1. The van der Waals surface area contributed by atoms with Crippen molar-refractivity contribution in [3.8, 4) is 0 Å². The molecule has 4 heteroatoms. The van der Waals surface area contributed by atoms with Crippen molar-refractivity contribution < 1.29 is 4.42 Å². The van der Waals surface area contributed by atoms with Crippen molar-refractivity contribution in [3.05, 3.63) is 48.2 Å². The minimum absolute atomic E-state index is 0.940. The molecule has 0 radical (unpaired) electrons. The monoisotopic (exact) mass is 319 g/mol. The number of para-hydroxylation sites is 1. The number of nitrogens with zero attached hydrogens (tertiary/aromatic N) is 3. The Balaban J connectivity index is 1.76. The van der Waals surface area contributed by atoms with E-state index in [9.17, 15) is 0 Å². The maximum absolute atomic E-state index is 5.64. The zero-order valence-corrected chi connectivity index (χ0v) is 14.1. The minimum Gasteiger partial charge on any atom is -0.464 e. The number of hydrogen-bond acceptors (Lipinski definition) is 3. The third-order valence-corrected chi connectivity index (χ3v) is 5.16. The predicted molar refractivity (Wildman–Crippen MR) is 98.2 cm³/mol. The Morgan fingerprint density at radius 1 is 1.00 bits per heavy atom. The molecule has 0 atom stereocenters. The Morgan fingerprint density at radius 2 is 1.88 bits per heavy atom. The number of furan rings is 1. The van der Waals surface area contributed by atoms with Crippen LogP contribution < -0.4 is 0 Å². The van der Waals surface area contributed by atoms with Gasteiger partial charge in [0.1, 0.15) is 5.58 Å². The molecule has 1 aliphatic heterocycles. The van der Waals surface area contributed by atoms with Crippen LogP contribution >= 0.6 is 0 Å². The Hall–Kier alpha value is -2.30. The van der Waals surface area contributed by atoms with Gasteiger partial charge >= 0.3 is 0 Å². The number of benzene rings is 2. The van der Waals surface area contributed by atoms with Gasteiger partial charge in [0, 0.05) is 35.8 Å². The predicted octanol–water partition coefficient (Wildman–Crippen LogP) is 3.88. The summed E-state index contributed by atoms with van der Waals surface area (Å²) in [5.74, 6) is 0. The molecule has 0 spiro atoms. The summed E-state index contributed by atoms with van der Waals surface area (Å²) in [5.41, 5.74) is 5.08. The number of fused-ring (bicyclic) bond motifs is 5. The summed E-state index contributed by atoms with van der Waals surface area (Å²) in [6.45, 7) is 4.11. The van der Waals surface area contributed by atoms with Crippen molar-refractivity contribution in [2.24, 2.45) is 0 Å². The second kappa shape index (κ2) is 5.10. The SMILES string of the molecule is CN(C)CCN1Cc2cccc3c4ccc5occc5c4n(c23)C1. The van der Waals surface area contributed by atoms with Crippen molar-refractivity contribution in [3.63, 3.8) is 0 Å². The summed E-state index contributed by atoms with van der Waals surface area (Å²) >= 11 is 0. The molecule has 1 aliphatic rings. The molecule has 122 valence electrons. The molecule has 0 aliphatic carbocycles. The first kappa shape index (κ1) is 14.1. The van der Waals surface area contributed by atoms with E-state index in [-0.39, 0.29) is 0 Å². The summed E-state index contributed by atoms with van der Waals surface area (Å²) in [5, 5.41) is 3.90.